The molecule has 133 heavy (non-hydrogen) atoms. The molecule has 3 aromatic rings. The van der Waals surface area contributed by atoms with Crippen molar-refractivity contribution in [2.45, 2.75) is 342 Å². The SMILES string of the molecule is CC(C)(C)OC(=O)CC[C@H](CC(=O)C[C@H](CCCCNC(=O)CCCCC[N+]1=C(/C=C/C=C2/N(CCCCCC(=O)Nc3ccc(CC4CN(CC(=O)OC(C)(C)C)CCN(CC(=O)OC(C)(C)C)CCN(CC(=O)OC(C)(C)C)CCN4CC(=O)OC(C)(C)C)cc3)c3ccc(S(=O)(=O)O)cc3C2(C)C)C(C)(C)c2cc(S(=O)(=O)O)ccc21)C(=O)OC(C)(C)C)C(=O)OC(C)(C)C. The first kappa shape index (κ1) is 113. The highest BCUT2D eigenvalue weighted by molar-refractivity contribution is 7.86. The molecular weight excluding hydrogens is 1750 g/mol. The summed E-state index contributed by atoms with van der Waals surface area (Å²) in [6.07, 6.45) is 10.8. The number of fused-ring (bicyclic) bond motifs is 2. The molecule has 0 bridgehead atoms. The third-order valence-electron chi connectivity index (χ3n) is 22.2. The van der Waals surface area contributed by atoms with Crippen LogP contribution in [0.2, 0.25) is 0 Å². The van der Waals surface area contributed by atoms with Crippen molar-refractivity contribution in [1.82, 2.24) is 24.9 Å². The first-order valence-corrected chi connectivity index (χ1v) is 49.7. The summed E-state index contributed by atoms with van der Waals surface area (Å²) < 4.78 is 114. The molecule has 0 aliphatic carbocycles. The maximum Gasteiger partial charge on any atom is 0.320 e. The molecule has 2 amide bonds. The smallest absolute Gasteiger partial charge is 0.320 e. The molecule has 3 atom stereocenters. The van der Waals surface area contributed by atoms with Crippen molar-refractivity contribution in [3.63, 3.8) is 0 Å². The second-order valence-electron chi connectivity index (χ2n) is 43.4. The van der Waals surface area contributed by atoms with Gasteiger partial charge in [0.25, 0.3) is 20.2 Å². The molecule has 0 aromatic heterocycles. The summed E-state index contributed by atoms with van der Waals surface area (Å²) in [5.41, 5.74) is -1.40. The van der Waals surface area contributed by atoms with Gasteiger partial charge in [-0.25, -0.2) is 0 Å². The molecule has 744 valence electrons. The van der Waals surface area contributed by atoms with Crippen molar-refractivity contribution in [2.24, 2.45) is 11.8 Å². The second-order valence-corrected chi connectivity index (χ2v) is 46.2. The summed E-state index contributed by atoms with van der Waals surface area (Å²) in [6, 6.07) is 16.0. The lowest BCUT2D eigenvalue weighted by Gasteiger charge is -2.39. The van der Waals surface area contributed by atoms with E-state index in [1.807, 2.05) is 89.8 Å². The van der Waals surface area contributed by atoms with E-state index in [4.69, 9.17) is 33.2 Å². The third-order valence-corrected chi connectivity index (χ3v) is 23.9. The van der Waals surface area contributed by atoms with Gasteiger partial charge in [-0.15, -0.1) is 0 Å². The first-order chi connectivity index (χ1) is 61.1. The molecule has 0 radical (unpaired) electrons. The number of amides is 2. The van der Waals surface area contributed by atoms with Gasteiger partial charge in [-0.05, 0) is 270 Å². The van der Waals surface area contributed by atoms with Gasteiger partial charge in [-0.3, -0.25) is 76.7 Å². The van der Waals surface area contributed by atoms with Gasteiger partial charge in [0.05, 0.1) is 53.2 Å². The molecule has 33 heteroatoms. The minimum Gasteiger partial charge on any atom is -0.460 e. The van der Waals surface area contributed by atoms with E-state index < -0.39 is 130 Å². The van der Waals surface area contributed by atoms with E-state index in [1.54, 1.807) is 158 Å². The molecule has 0 saturated carbocycles. The zero-order valence-electron chi connectivity index (χ0n) is 83.9. The molecule has 31 nitrogen and oxygen atoms in total. The standard InChI is InChI=1S/C100H154N8O23S2/c1-92(2,3)125-85(112)49-42-71(91(118)131-98(19,20)21)61-74(109)60-70(90(117)130-97(16,17)18)35-30-31-50-101-83(110)38-28-26-32-51-107-79-47-45-75(132(119,120)121)62-77(79)99(22,23)81(107)36-34-37-82-100(24,25)78-63-76(133(122,123)124)46-48-80(78)108(82)52-33-27-29-39-84(111)102-72-43-40-69(41-44-72)59-73-64-105(67-88(115)128-95(10,11)12)56-55-103(65-86(113)126-93(4,5)6)53-54-104(66-87(114)127-94(7,8)9)57-58-106(73)68-89(116)129-96(13,14)15/h34,36-37,40-41,43-48,62-63,70-71,73H,26-33,35,38-39,42,49-61,64-68H2,1-25H3,(H3-,101,102,110,111,119,120,121,122,123,124)/p+1/t70-,71+,73?/m0/s1. The second kappa shape index (κ2) is 47.8. The Labute approximate surface area is 791 Å². The van der Waals surface area contributed by atoms with Crippen LogP contribution in [-0.2, 0) is 119 Å². The summed E-state index contributed by atoms with van der Waals surface area (Å²) in [5, 5.41) is 6.04. The van der Waals surface area contributed by atoms with Crippen LogP contribution < -0.4 is 15.5 Å². The van der Waals surface area contributed by atoms with Crippen molar-refractivity contribution >= 4 is 102 Å². The largest absolute Gasteiger partial charge is 0.460 e. The van der Waals surface area contributed by atoms with Crippen molar-refractivity contribution in [3.8, 4) is 0 Å². The van der Waals surface area contributed by atoms with E-state index in [0.717, 1.165) is 28.3 Å². The molecule has 3 aliphatic heterocycles. The molecule has 1 fully saturated rings. The summed E-state index contributed by atoms with van der Waals surface area (Å²) in [4.78, 5) is 145. The highest BCUT2D eigenvalue weighted by Crippen LogP contribution is 2.49. The predicted octanol–water partition coefficient (Wildman–Crippen LogP) is 14.7. The highest BCUT2D eigenvalue weighted by Gasteiger charge is 2.46. The minimum absolute atomic E-state index is 0.0137. The number of ketones is 1. The zero-order valence-corrected chi connectivity index (χ0v) is 85.6. The van der Waals surface area contributed by atoms with Gasteiger partial charge in [-0.1, -0.05) is 44.9 Å². The number of benzene rings is 3. The Morgan fingerprint density at radius 1 is 0.474 bits per heavy atom. The number of carbonyl (C=O) groups is 10. The number of nitrogens with zero attached hydrogens (tertiary/aromatic N) is 6. The molecular formula is C100H155N8O23S2+. The molecule has 3 aliphatic rings. The van der Waals surface area contributed by atoms with Crippen molar-refractivity contribution in [1.29, 1.82) is 0 Å². The molecule has 4 N–H and O–H groups in total. The van der Waals surface area contributed by atoms with E-state index in [0.29, 0.717) is 127 Å². The van der Waals surface area contributed by atoms with Crippen LogP contribution in [0.15, 0.2) is 94.4 Å². The lowest BCUT2D eigenvalue weighted by Crippen LogP contribution is -2.54. The molecule has 1 unspecified atom stereocenters. The van der Waals surface area contributed by atoms with E-state index >= 15 is 0 Å². The Morgan fingerprint density at radius 2 is 0.917 bits per heavy atom. The summed E-state index contributed by atoms with van der Waals surface area (Å²) in [6.45, 7) is 48.0. The van der Waals surface area contributed by atoms with Crippen molar-refractivity contribution in [3.05, 3.63) is 101 Å². The normalized spacial score (nSPS) is 17.4. The van der Waals surface area contributed by atoms with E-state index in [9.17, 15) is 73.9 Å². The number of unbranched alkanes of at least 4 members (excludes halogenated alkanes) is 5. The molecule has 3 aromatic carbocycles. The number of esters is 7. The van der Waals surface area contributed by atoms with Crippen LogP contribution >= 0.6 is 0 Å². The van der Waals surface area contributed by atoms with Crippen molar-refractivity contribution in [2.75, 3.05) is 102 Å². The molecule has 3 heterocycles. The number of allylic oxidation sites excluding steroid dienone is 4. The quantitative estimate of drug-likeness (QED) is 0.0135. The minimum atomic E-state index is -4.61. The van der Waals surface area contributed by atoms with E-state index in [1.165, 1.54) is 24.3 Å². The van der Waals surface area contributed by atoms with Crippen molar-refractivity contribution < 1.29 is 112 Å². The zero-order chi connectivity index (χ0) is 100. The Morgan fingerprint density at radius 3 is 1.42 bits per heavy atom. The number of anilines is 2. The van der Waals surface area contributed by atoms with Gasteiger partial charge in [-0.2, -0.15) is 21.4 Å². The van der Waals surface area contributed by atoms with Crippen LogP contribution in [0.5, 0.6) is 0 Å². The van der Waals surface area contributed by atoms with Crippen LogP contribution in [0.4, 0.5) is 17.1 Å². The molecule has 1 saturated heterocycles. The average Bonchev–Trinajstić information content (AvgIpc) is 1.59. The van der Waals surface area contributed by atoms with E-state index in [-0.39, 0.29) is 112 Å². The number of nitrogens with one attached hydrogen (secondary N) is 2. The first-order valence-electron chi connectivity index (χ1n) is 46.8. The van der Waals surface area contributed by atoms with Crippen LogP contribution in [0.25, 0.3) is 0 Å². The Balaban J connectivity index is 1.16. The average molecular weight is 1900 g/mol. The van der Waals surface area contributed by atoms with E-state index in [2.05, 4.69) is 20.1 Å². The van der Waals surface area contributed by atoms with Gasteiger partial charge >= 0.3 is 41.8 Å². The number of hydrogen-bond donors (Lipinski definition) is 4. The predicted molar refractivity (Wildman–Crippen MR) is 512 cm³/mol. The van der Waals surface area contributed by atoms with Crippen LogP contribution in [-0.4, -0.2) is 252 Å². The van der Waals surface area contributed by atoms with Gasteiger partial charge in [0.15, 0.2) is 5.71 Å². The summed E-state index contributed by atoms with van der Waals surface area (Å²) >= 11 is 0. The lowest BCUT2D eigenvalue weighted by molar-refractivity contribution is -0.438. The van der Waals surface area contributed by atoms with Gasteiger partial charge in [0, 0.05) is 144 Å². The number of hydrogen-bond acceptors (Lipinski definition) is 26. The van der Waals surface area contributed by atoms with Gasteiger partial charge < -0.3 is 48.7 Å². The highest BCUT2D eigenvalue weighted by atomic mass is 32.2. The maximum atomic E-state index is 14.0. The maximum absolute atomic E-state index is 14.0. The number of carbonyl (C=O) groups excluding carboxylic acids is 10. The van der Waals surface area contributed by atoms with Crippen LogP contribution in [0.1, 0.15) is 286 Å². The summed E-state index contributed by atoms with van der Waals surface area (Å²) in [5.74, 6) is -6.02. The Bertz CT molecular complexity index is 4870. The van der Waals surface area contributed by atoms with Gasteiger partial charge in [0.2, 0.25) is 17.5 Å². The fourth-order valence-electron chi connectivity index (χ4n) is 16.4. The van der Waals surface area contributed by atoms with Gasteiger partial charge in [0.1, 0.15) is 51.5 Å². The van der Waals surface area contributed by atoms with Crippen LogP contribution in [0.3, 0.4) is 0 Å². The fourth-order valence-corrected chi connectivity index (χ4v) is 17.4. The Kier molecular flexibility index (Phi) is 40.6. The Hall–Kier alpha value is -8.83. The third kappa shape index (κ3) is 40.2. The fraction of sp³-hybridized carbons (Fsp3) is 0.670. The number of ether oxygens (including phenoxy) is 7. The lowest BCUT2D eigenvalue weighted by atomic mass is 9.81. The number of rotatable bonds is 41. The topological polar surface area (TPSA) is 387 Å². The molecule has 6 rings (SSSR count). The monoisotopic (exact) mass is 1900 g/mol. The summed E-state index contributed by atoms with van der Waals surface area (Å²) in [7, 11) is -9.21. The number of Topliss-reactive ketones (excluding diaryl/α,β-unsaturated/α-hetero) is 1. The van der Waals surface area contributed by atoms with Crippen LogP contribution in [0, 0.1) is 11.8 Å². The molecule has 0 spiro atoms.